The average molecular weight is 269 g/mol. The third kappa shape index (κ3) is 2.44. The molecule has 100 valence electrons. The van der Waals surface area contributed by atoms with Gasteiger partial charge in [-0.05, 0) is 6.07 Å². The number of para-hydroxylation sites is 1. The largest absolute Gasteiger partial charge is 0.496 e. The van der Waals surface area contributed by atoms with E-state index in [-0.39, 0.29) is 22.7 Å². The predicted molar refractivity (Wildman–Crippen MR) is 63.4 cm³/mol. The van der Waals surface area contributed by atoms with Crippen molar-refractivity contribution >= 4 is 5.82 Å². The molecule has 0 aliphatic rings. The van der Waals surface area contributed by atoms with Crippen LogP contribution in [0.5, 0.6) is 5.75 Å². The van der Waals surface area contributed by atoms with Crippen molar-refractivity contribution in [1.82, 2.24) is 9.97 Å². The first-order valence-corrected chi connectivity index (χ1v) is 5.26. The number of halogens is 3. The lowest BCUT2D eigenvalue weighted by molar-refractivity contribution is -0.140. The molecule has 19 heavy (non-hydrogen) atoms. The van der Waals surface area contributed by atoms with Crippen molar-refractivity contribution in [3.63, 3.8) is 0 Å². The van der Waals surface area contributed by atoms with Crippen LogP contribution in [0.4, 0.5) is 19.0 Å². The zero-order valence-corrected chi connectivity index (χ0v) is 9.90. The number of ether oxygens (including phenoxy) is 1. The van der Waals surface area contributed by atoms with Crippen molar-refractivity contribution in [3.05, 3.63) is 36.3 Å². The monoisotopic (exact) mass is 269 g/mol. The molecule has 1 aromatic heterocycles. The highest BCUT2D eigenvalue weighted by atomic mass is 19.4. The van der Waals surface area contributed by atoms with Crippen molar-refractivity contribution in [2.24, 2.45) is 0 Å². The summed E-state index contributed by atoms with van der Waals surface area (Å²) in [6.07, 6.45) is -3.83. The molecule has 0 radical (unpaired) electrons. The molecular weight excluding hydrogens is 259 g/mol. The molecule has 4 nitrogen and oxygen atoms in total. The summed E-state index contributed by atoms with van der Waals surface area (Å²) in [5.41, 5.74) is 4.42. The molecule has 0 aliphatic carbocycles. The van der Waals surface area contributed by atoms with Crippen LogP contribution in [0.15, 0.2) is 30.6 Å². The summed E-state index contributed by atoms with van der Waals surface area (Å²) in [7, 11) is 1.37. The van der Waals surface area contributed by atoms with Crippen molar-refractivity contribution in [3.8, 4) is 16.9 Å². The SMILES string of the molecule is COc1ccccc1-c1c(N)ncnc1C(F)(F)F. The van der Waals surface area contributed by atoms with E-state index in [2.05, 4.69) is 9.97 Å². The molecule has 0 aliphatic heterocycles. The van der Waals surface area contributed by atoms with Crippen LogP contribution in [-0.4, -0.2) is 17.1 Å². The Morgan fingerprint density at radius 3 is 2.47 bits per heavy atom. The van der Waals surface area contributed by atoms with Crippen LogP contribution in [0.1, 0.15) is 5.69 Å². The molecule has 2 N–H and O–H groups in total. The number of rotatable bonds is 2. The van der Waals surface area contributed by atoms with E-state index in [9.17, 15) is 13.2 Å². The first-order valence-electron chi connectivity index (χ1n) is 5.26. The lowest BCUT2D eigenvalue weighted by atomic mass is 10.0. The summed E-state index contributed by atoms with van der Waals surface area (Å²) in [5, 5.41) is 0. The number of methoxy groups -OCH3 is 1. The summed E-state index contributed by atoms with van der Waals surface area (Å²) in [4.78, 5) is 6.91. The normalized spacial score (nSPS) is 11.4. The van der Waals surface area contributed by atoms with Gasteiger partial charge in [0.2, 0.25) is 0 Å². The minimum Gasteiger partial charge on any atom is -0.496 e. The fraction of sp³-hybridized carbons (Fsp3) is 0.167. The van der Waals surface area contributed by atoms with E-state index in [0.29, 0.717) is 0 Å². The van der Waals surface area contributed by atoms with E-state index in [0.717, 1.165) is 6.33 Å². The third-order valence-electron chi connectivity index (χ3n) is 2.52. The molecule has 0 saturated heterocycles. The number of aromatic nitrogens is 2. The lowest BCUT2D eigenvalue weighted by Crippen LogP contribution is -2.13. The molecule has 0 amide bonds. The first-order chi connectivity index (χ1) is 8.95. The number of alkyl halides is 3. The molecule has 0 bridgehead atoms. The molecule has 1 heterocycles. The molecule has 0 fully saturated rings. The van der Waals surface area contributed by atoms with E-state index < -0.39 is 11.9 Å². The molecule has 1 aromatic carbocycles. The molecule has 0 saturated carbocycles. The third-order valence-corrected chi connectivity index (χ3v) is 2.52. The van der Waals surface area contributed by atoms with E-state index in [1.54, 1.807) is 18.2 Å². The van der Waals surface area contributed by atoms with Gasteiger partial charge in [0.05, 0.1) is 12.7 Å². The average Bonchev–Trinajstić information content (AvgIpc) is 2.37. The Balaban J connectivity index is 2.75. The van der Waals surface area contributed by atoms with Gasteiger partial charge in [0.15, 0.2) is 5.69 Å². The molecule has 2 rings (SSSR count). The molecule has 0 atom stereocenters. The fourth-order valence-electron chi connectivity index (χ4n) is 1.73. The Morgan fingerprint density at radius 2 is 1.84 bits per heavy atom. The molecular formula is C12H10F3N3O. The maximum Gasteiger partial charge on any atom is 0.434 e. The van der Waals surface area contributed by atoms with Gasteiger partial charge in [-0.25, -0.2) is 9.97 Å². The van der Waals surface area contributed by atoms with Crippen LogP contribution in [0.25, 0.3) is 11.1 Å². The van der Waals surface area contributed by atoms with E-state index >= 15 is 0 Å². The van der Waals surface area contributed by atoms with Crippen molar-refractivity contribution in [2.45, 2.75) is 6.18 Å². The topological polar surface area (TPSA) is 61.0 Å². The van der Waals surface area contributed by atoms with Crippen LogP contribution in [0, 0.1) is 0 Å². The van der Waals surface area contributed by atoms with Gasteiger partial charge in [-0.3, -0.25) is 0 Å². The number of hydrogen-bond donors (Lipinski definition) is 1. The van der Waals surface area contributed by atoms with Crippen LogP contribution >= 0.6 is 0 Å². The highest BCUT2D eigenvalue weighted by Crippen LogP contribution is 2.41. The molecule has 7 heteroatoms. The van der Waals surface area contributed by atoms with E-state index in [4.69, 9.17) is 10.5 Å². The van der Waals surface area contributed by atoms with Gasteiger partial charge in [0.25, 0.3) is 0 Å². The number of anilines is 1. The minimum atomic E-state index is -4.62. The minimum absolute atomic E-state index is 0.204. The molecule has 0 unspecified atom stereocenters. The highest BCUT2D eigenvalue weighted by molar-refractivity contribution is 5.80. The van der Waals surface area contributed by atoms with Gasteiger partial charge in [0, 0.05) is 5.56 Å². The van der Waals surface area contributed by atoms with Crippen LogP contribution in [0.2, 0.25) is 0 Å². The number of nitrogens with two attached hydrogens (primary N) is 1. The van der Waals surface area contributed by atoms with Gasteiger partial charge < -0.3 is 10.5 Å². The Morgan fingerprint density at radius 1 is 1.16 bits per heavy atom. The Bertz CT molecular complexity index is 599. The lowest BCUT2D eigenvalue weighted by Gasteiger charge is -2.15. The summed E-state index contributed by atoms with van der Waals surface area (Å²) in [6.45, 7) is 0. The van der Waals surface area contributed by atoms with Crippen molar-refractivity contribution in [1.29, 1.82) is 0 Å². The van der Waals surface area contributed by atoms with Crippen LogP contribution in [-0.2, 0) is 6.18 Å². The Kier molecular flexibility index (Phi) is 3.28. The van der Waals surface area contributed by atoms with Crippen molar-refractivity contribution in [2.75, 3.05) is 12.8 Å². The summed E-state index contributed by atoms with van der Waals surface area (Å²) in [5.74, 6) is 0.0290. The Hall–Kier alpha value is -2.31. The van der Waals surface area contributed by atoms with Gasteiger partial charge in [-0.15, -0.1) is 0 Å². The second-order valence-corrected chi connectivity index (χ2v) is 3.68. The van der Waals surface area contributed by atoms with Gasteiger partial charge in [0.1, 0.15) is 17.9 Å². The molecule has 0 spiro atoms. The second kappa shape index (κ2) is 4.75. The van der Waals surface area contributed by atoms with Crippen molar-refractivity contribution < 1.29 is 17.9 Å². The van der Waals surface area contributed by atoms with Gasteiger partial charge >= 0.3 is 6.18 Å². The maximum atomic E-state index is 13.0. The van der Waals surface area contributed by atoms with Gasteiger partial charge in [-0.2, -0.15) is 13.2 Å². The zero-order valence-electron chi connectivity index (χ0n) is 9.90. The fourth-order valence-corrected chi connectivity index (χ4v) is 1.73. The maximum absolute atomic E-state index is 13.0. The Labute approximate surface area is 107 Å². The van der Waals surface area contributed by atoms with Crippen LogP contribution in [0.3, 0.4) is 0 Å². The summed E-state index contributed by atoms with van der Waals surface area (Å²) >= 11 is 0. The van der Waals surface area contributed by atoms with Crippen LogP contribution < -0.4 is 10.5 Å². The predicted octanol–water partition coefficient (Wildman–Crippen LogP) is 2.75. The second-order valence-electron chi connectivity index (χ2n) is 3.68. The highest BCUT2D eigenvalue weighted by Gasteiger charge is 2.37. The quantitative estimate of drug-likeness (QED) is 0.910. The smallest absolute Gasteiger partial charge is 0.434 e. The van der Waals surface area contributed by atoms with E-state index in [1.807, 2.05) is 0 Å². The number of hydrogen-bond acceptors (Lipinski definition) is 4. The van der Waals surface area contributed by atoms with Gasteiger partial charge in [-0.1, -0.05) is 18.2 Å². The number of benzene rings is 1. The number of nitrogens with zero attached hydrogens (tertiary/aromatic N) is 2. The summed E-state index contributed by atoms with van der Waals surface area (Å²) < 4.78 is 43.9. The standard InChI is InChI=1S/C12H10F3N3O/c1-19-8-5-3-2-4-7(8)9-10(12(13,14)15)17-6-18-11(9)16/h2-6H,1H3,(H2,16,17,18). The molecule has 2 aromatic rings. The van der Waals surface area contributed by atoms with E-state index in [1.165, 1.54) is 13.2 Å². The first kappa shape index (κ1) is 13.1. The number of nitrogen functional groups attached to an aromatic ring is 1. The summed E-state index contributed by atoms with van der Waals surface area (Å²) in [6, 6.07) is 6.26. The zero-order chi connectivity index (χ0) is 14.0.